The number of nitrogens with one attached hydrogen (secondary N) is 1. The summed E-state index contributed by atoms with van der Waals surface area (Å²) < 4.78 is 0. The van der Waals surface area contributed by atoms with Gasteiger partial charge in [-0.1, -0.05) is 26.7 Å². The van der Waals surface area contributed by atoms with Crippen molar-refractivity contribution in [2.45, 2.75) is 39.5 Å². The molecule has 0 radical (unpaired) electrons. The quantitative estimate of drug-likeness (QED) is 0.630. The standard InChI is InChI=1S/C12H26N2/c1-3-13-9-10-14(4-2)11-12-7-5-6-8-12/h12-13H,3-11H2,1-2H3. The molecule has 0 heterocycles. The SMILES string of the molecule is CCNCCN(CC)CC1CCCC1. The van der Waals surface area contributed by atoms with Gasteiger partial charge in [0.1, 0.15) is 0 Å². The second kappa shape index (κ2) is 7.24. The average Bonchev–Trinajstić information content (AvgIpc) is 2.69. The molecule has 84 valence electrons. The van der Waals surface area contributed by atoms with Gasteiger partial charge in [-0.2, -0.15) is 0 Å². The van der Waals surface area contributed by atoms with E-state index in [1.807, 2.05) is 0 Å². The average molecular weight is 198 g/mol. The monoisotopic (exact) mass is 198 g/mol. The fourth-order valence-corrected chi connectivity index (χ4v) is 2.35. The highest BCUT2D eigenvalue weighted by Crippen LogP contribution is 2.25. The van der Waals surface area contributed by atoms with Crippen molar-refractivity contribution in [1.82, 2.24) is 10.2 Å². The van der Waals surface area contributed by atoms with Crippen LogP contribution >= 0.6 is 0 Å². The van der Waals surface area contributed by atoms with Crippen LogP contribution in [0.15, 0.2) is 0 Å². The molecule has 0 unspecified atom stereocenters. The van der Waals surface area contributed by atoms with Gasteiger partial charge < -0.3 is 10.2 Å². The van der Waals surface area contributed by atoms with Gasteiger partial charge in [-0.3, -0.25) is 0 Å². The number of rotatable bonds is 7. The summed E-state index contributed by atoms with van der Waals surface area (Å²) >= 11 is 0. The molecule has 1 aliphatic carbocycles. The lowest BCUT2D eigenvalue weighted by Crippen LogP contribution is -2.35. The van der Waals surface area contributed by atoms with E-state index in [1.165, 1.54) is 45.3 Å². The Morgan fingerprint density at radius 1 is 1.21 bits per heavy atom. The van der Waals surface area contributed by atoms with Crippen LogP contribution < -0.4 is 5.32 Å². The van der Waals surface area contributed by atoms with Crippen molar-refractivity contribution in [2.75, 3.05) is 32.7 Å². The topological polar surface area (TPSA) is 15.3 Å². The van der Waals surface area contributed by atoms with Crippen LogP contribution in [0.25, 0.3) is 0 Å². The van der Waals surface area contributed by atoms with E-state index in [-0.39, 0.29) is 0 Å². The molecule has 0 bridgehead atoms. The van der Waals surface area contributed by atoms with Gasteiger partial charge in [-0.05, 0) is 31.8 Å². The van der Waals surface area contributed by atoms with Crippen LogP contribution in [-0.2, 0) is 0 Å². The molecule has 0 aromatic carbocycles. The zero-order valence-corrected chi connectivity index (χ0v) is 9.89. The Balaban J connectivity index is 2.10. The number of nitrogens with zero attached hydrogens (tertiary/aromatic N) is 1. The van der Waals surface area contributed by atoms with Crippen molar-refractivity contribution < 1.29 is 0 Å². The predicted molar refractivity (Wildman–Crippen MR) is 62.6 cm³/mol. The predicted octanol–water partition coefficient (Wildman–Crippen LogP) is 2.11. The van der Waals surface area contributed by atoms with E-state index in [1.54, 1.807) is 0 Å². The van der Waals surface area contributed by atoms with E-state index in [2.05, 4.69) is 24.1 Å². The summed E-state index contributed by atoms with van der Waals surface area (Å²) in [5.74, 6) is 0.997. The van der Waals surface area contributed by atoms with Gasteiger partial charge in [0.2, 0.25) is 0 Å². The molecule has 0 atom stereocenters. The van der Waals surface area contributed by atoms with E-state index >= 15 is 0 Å². The van der Waals surface area contributed by atoms with Crippen molar-refractivity contribution in [2.24, 2.45) is 5.92 Å². The second-order valence-electron chi connectivity index (χ2n) is 4.40. The lowest BCUT2D eigenvalue weighted by Gasteiger charge is -2.23. The molecule has 1 rings (SSSR count). The van der Waals surface area contributed by atoms with E-state index < -0.39 is 0 Å². The van der Waals surface area contributed by atoms with Crippen LogP contribution in [0, 0.1) is 5.92 Å². The van der Waals surface area contributed by atoms with Gasteiger partial charge in [-0.25, -0.2) is 0 Å². The molecule has 2 nitrogen and oxygen atoms in total. The summed E-state index contributed by atoms with van der Waals surface area (Å²) in [6.45, 7) is 10.5. The number of hydrogen-bond acceptors (Lipinski definition) is 2. The van der Waals surface area contributed by atoms with Gasteiger partial charge >= 0.3 is 0 Å². The van der Waals surface area contributed by atoms with E-state index in [4.69, 9.17) is 0 Å². The molecule has 2 heteroatoms. The Bertz CT molecular complexity index is 130. The van der Waals surface area contributed by atoms with Crippen molar-refractivity contribution in [3.8, 4) is 0 Å². The van der Waals surface area contributed by atoms with Crippen LogP contribution in [0.2, 0.25) is 0 Å². The molecule has 0 aliphatic heterocycles. The normalized spacial score (nSPS) is 18.2. The highest BCUT2D eigenvalue weighted by molar-refractivity contribution is 4.71. The Labute approximate surface area is 89.1 Å². The maximum atomic E-state index is 3.40. The lowest BCUT2D eigenvalue weighted by molar-refractivity contribution is 0.243. The molecule has 1 aliphatic rings. The van der Waals surface area contributed by atoms with Crippen LogP contribution in [-0.4, -0.2) is 37.6 Å². The summed E-state index contributed by atoms with van der Waals surface area (Å²) in [5.41, 5.74) is 0. The molecule has 0 spiro atoms. The Morgan fingerprint density at radius 2 is 1.93 bits per heavy atom. The first-order valence-corrected chi connectivity index (χ1v) is 6.29. The molecule has 0 saturated heterocycles. The van der Waals surface area contributed by atoms with E-state index in [0.717, 1.165) is 19.0 Å². The van der Waals surface area contributed by atoms with Crippen molar-refractivity contribution >= 4 is 0 Å². The number of likely N-dealkylation sites (N-methyl/N-ethyl adjacent to an activating group) is 2. The first kappa shape index (κ1) is 12.0. The van der Waals surface area contributed by atoms with Crippen LogP contribution in [0.1, 0.15) is 39.5 Å². The largest absolute Gasteiger partial charge is 0.316 e. The lowest BCUT2D eigenvalue weighted by atomic mass is 10.1. The molecule has 0 aromatic rings. The maximum Gasteiger partial charge on any atom is 0.0107 e. The van der Waals surface area contributed by atoms with Gasteiger partial charge in [0, 0.05) is 19.6 Å². The minimum atomic E-state index is 0.997. The van der Waals surface area contributed by atoms with E-state index in [0.29, 0.717) is 0 Å². The third kappa shape index (κ3) is 4.43. The maximum absolute atomic E-state index is 3.40. The first-order chi connectivity index (χ1) is 6.86. The molecule has 0 aromatic heterocycles. The summed E-state index contributed by atoms with van der Waals surface area (Å²) in [4.78, 5) is 2.60. The minimum Gasteiger partial charge on any atom is -0.316 e. The second-order valence-corrected chi connectivity index (χ2v) is 4.40. The Kier molecular flexibility index (Phi) is 6.20. The minimum absolute atomic E-state index is 0.997. The van der Waals surface area contributed by atoms with Crippen molar-refractivity contribution in [3.63, 3.8) is 0 Å². The van der Waals surface area contributed by atoms with Gasteiger partial charge in [0.05, 0.1) is 0 Å². The van der Waals surface area contributed by atoms with Gasteiger partial charge in [-0.15, -0.1) is 0 Å². The highest BCUT2D eigenvalue weighted by Gasteiger charge is 2.17. The fraction of sp³-hybridized carbons (Fsp3) is 1.00. The smallest absolute Gasteiger partial charge is 0.0107 e. The first-order valence-electron chi connectivity index (χ1n) is 6.29. The molecule has 0 amide bonds. The molecule has 1 saturated carbocycles. The Morgan fingerprint density at radius 3 is 2.50 bits per heavy atom. The summed E-state index contributed by atoms with van der Waals surface area (Å²) in [6, 6.07) is 0. The number of hydrogen-bond donors (Lipinski definition) is 1. The summed E-state index contributed by atoms with van der Waals surface area (Å²) in [6.07, 6.45) is 5.88. The summed E-state index contributed by atoms with van der Waals surface area (Å²) in [7, 11) is 0. The van der Waals surface area contributed by atoms with Crippen molar-refractivity contribution in [1.29, 1.82) is 0 Å². The zero-order valence-electron chi connectivity index (χ0n) is 9.89. The zero-order chi connectivity index (χ0) is 10.2. The van der Waals surface area contributed by atoms with E-state index in [9.17, 15) is 0 Å². The fourth-order valence-electron chi connectivity index (χ4n) is 2.35. The highest BCUT2D eigenvalue weighted by atomic mass is 15.1. The van der Waals surface area contributed by atoms with Crippen LogP contribution in [0.5, 0.6) is 0 Å². The van der Waals surface area contributed by atoms with Crippen molar-refractivity contribution in [3.05, 3.63) is 0 Å². The van der Waals surface area contributed by atoms with Gasteiger partial charge in [0.15, 0.2) is 0 Å². The van der Waals surface area contributed by atoms with Crippen LogP contribution in [0.4, 0.5) is 0 Å². The molecular formula is C12H26N2. The Hall–Kier alpha value is -0.0800. The third-order valence-electron chi connectivity index (χ3n) is 3.29. The van der Waals surface area contributed by atoms with Gasteiger partial charge in [0.25, 0.3) is 0 Å². The third-order valence-corrected chi connectivity index (χ3v) is 3.29. The van der Waals surface area contributed by atoms with Crippen LogP contribution in [0.3, 0.4) is 0 Å². The molecule has 1 fully saturated rings. The molecule has 1 N–H and O–H groups in total. The molecule has 14 heavy (non-hydrogen) atoms. The molecular weight excluding hydrogens is 172 g/mol. The summed E-state index contributed by atoms with van der Waals surface area (Å²) in [5, 5.41) is 3.40.